The summed E-state index contributed by atoms with van der Waals surface area (Å²) in [5, 5.41) is 5.25. The number of aromatic nitrogens is 2. The Hall–Kier alpha value is -3.60. The highest BCUT2D eigenvalue weighted by atomic mass is 16.5. The Morgan fingerprint density at radius 1 is 0.923 bits per heavy atom. The van der Waals surface area contributed by atoms with Crippen molar-refractivity contribution < 1.29 is 9.53 Å². The zero-order chi connectivity index (χ0) is 17.7. The topological polar surface area (TPSA) is 70.1 Å². The molecule has 0 spiro atoms. The Morgan fingerprint density at radius 2 is 1.69 bits per heavy atom. The maximum absolute atomic E-state index is 13.0. The van der Waals surface area contributed by atoms with Gasteiger partial charge in [-0.2, -0.15) is 9.89 Å². The van der Waals surface area contributed by atoms with Crippen LogP contribution in [0, 0.1) is 0 Å². The van der Waals surface area contributed by atoms with E-state index in [1.54, 1.807) is 0 Å². The molecule has 0 atom stereocenters. The molecule has 3 aromatic carbocycles. The van der Waals surface area contributed by atoms with Gasteiger partial charge in [0.25, 0.3) is 0 Å². The number of carbonyl (C=O) groups excluding carboxylic acids is 1. The Kier molecular flexibility index (Phi) is 3.09. The second-order valence-corrected chi connectivity index (χ2v) is 6.27. The van der Waals surface area contributed by atoms with E-state index in [4.69, 9.17) is 10.6 Å². The third kappa shape index (κ3) is 2.04. The minimum atomic E-state index is -0.0312. The summed E-state index contributed by atoms with van der Waals surface area (Å²) in [5.74, 6) is 6.62. The summed E-state index contributed by atoms with van der Waals surface area (Å²) in [4.78, 5) is 14.3. The Bertz CT molecular complexity index is 1160. The number of ketones is 1. The van der Waals surface area contributed by atoms with Crippen LogP contribution in [-0.2, 0) is 6.61 Å². The molecule has 126 valence electrons. The third-order valence-electron chi connectivity index (χ3n) is 4.72. The molecule has 2 N–H and O–H groups in total. The lowest BCUT2D eigenvalue weighted by molar-refractivity contribution is 0.103. The van der Waals surface area contributed by atoms with Crippen LogP contribution in [0.15, 0.2) is 66.7 Å². The molecule has 5 rings (SSSR count). The smallest absolute Gasteiger partial charge is 0.194 e. The normalized spacial score (nSPS) is 12.2. The zero-order valence-corrected chi connectivity index (χ0v) is 13.8. The van der Waals surface area contributed by atoms with Crippen molar-refractivity contribution in [2.24, 2.45) is 0 Å². The van der Waals surface area contributed by atoms with Crippen LogP contribution < -0.4 is 10.6 Å². The van der Waals surface area contributed by atoms with Gasteiger partial charge in [-0.3, -0.25) is 4.79 Å². The molecule has 5 nitrogen and oxygen atoms in total. The molecule has 0 fully saturated rings. The monoisotopic (exact) mass is 341 g/mol. The molecule has 1 aliphatic carbocycles. The van der Waals surface area contributed by atoms with E-state index < -0.39 is 0 Å². The second-order valence-electron chi connectivity index (χ2n) is 6.27. The number of nitrogens with zero attached hydrogens (tertiary/aromatic N) is 2. The fourth-order valence-corrected chi connectivity index (χ4v) is 3.52. The molecule has 1 heterocycles. The van der Waals surface area contributed by atoms with E-state index in [1.165, 1.54) is 4.79 Å². The molecule has 0 radical (unpaired) electrons. The molecular weight excluding hydrogens is 326 g/mol. The quantitative estimate of drug-likeness (QED) is 0.510. The van der Waals surface area contributed by atoms with Gasteiger partial charge in [0.1, 0.15) is 18.1 Å². The highest BCUT2D eigenvalue weighted by Gasteiger charge is 2.30. The van der Waals surface area contributed by atoms with Gasteiger partial charge in [0, 0.05) is 16.5 Å². The van der Waals surface area contributed by atoms with Gasteiger partial charge in [0.05, 0.1) is 11.1 Å². The summed E-state index contributed by atoms with van der Waals surface area (Å²) in [6, 6.07) is 20.9. The lowest BCUT2D eigenvalue weighted by atomic mass is 9.87. The van der Waals surface area contributed by atoms with E-state index in [-0.39, 0.29) is 5.78 Å². The van der Waals surface area contributed by atoms with Crippen molar-refractivity contribution in [3.63, 3.8) is 0 Å². The van der Waals surface area contributed by atoms with Gasteiger partial charge in [-0.05, 0) is 17.7 Å². The largest absolute Gasteiger partial charge is 0.488 e. The van der Waals surface area contributed by atoms with Crippen LogP contribution in [0.25, 0.3) is 22.2 Å². The SMILES string of the molecule is Nn1nc2c3c(cccc31)C(=O)c1cccc(OCc3ccccc3)c1-2. The Labute approximate surface area is 149 Å². The average Bonchev–Trinajstić information content (AvgIpc) is 3.02. The molecule has 0 saturated carbocycles. The summed E-state index contributed by atoms with van der Waals surface area (Å²) in [7, 11) is 0. The van der Waals surface area contributed by atoms with Crippen LogP contribution in [0.5, 0.6) is 5.75 Å². The van der Waals surface area contributed by atoms with Gasteiger partial charge in [0.2, 0.25) is 0 Å². The Balaban J connectivity index is 1.68. The predicted octanol–water partition coefficient (Wildman–Crippen LogP) is 3.54. The van der Waals surface area contributed by atoms with Crippen molar-refractivity contribution in [2.45, 2.75) is 6.61 Å². The molecule has 26 heavy (non-hydrogen) atoms. The average molecular weight is 341 g/mol. The molecule has 5 heteroatoms. The van der Waals surface area contributed by atoms with Crippen molar-refractivity contribution in [3.8, 4) is 17.0 Å². The predicted molar refractivity (Wildman–Crippen MR) is 99.5 cm³/mol. The van der Waals surface area contributed by atoms with E-state index in [0.29, 0.717) is 34.7 Å². The van der Waals surface area contributed by atoms with Gasteiger partial charge in [-0.25, -0.2) is 0 Å². The van der Waals surface area contributed by atoms with E-state index >= 15 is 0 Å². The van der Waals surface area contributed by atoms with Crippen LogP contribution in [0.4, 0.5) is 0 Å². The van der Waals surface area contributed by atoms with Crippen molar-refractivity contribution in [1.82, 2.24) is 9.89 Å². The number of benzene rings is 3. The molecule has 0 aliphatic heterocycles. The minimum absolute atomic E-state index is 0.0312. The first-order valence-corrected chi connectivity index (χ1v) is 8.35. The highest BCUT2D eigenvalue weighted by molar-refractivity contribution is 6.25. The van der Waals surface area contributed by atoms with E-state index in [2.05, 4.69) is 5.10 Å². The molecule has 4 aromatic rings. The van der Waals surface area contributed by atoms with Crippen LogP contribution in [0.1, 0.15) is 21.5 Å². The molecule has 0 amide bonds. The molecule has 0 bridgehead atoms. The number of nitrogen functional groups attached to an aromatic ring is 1. The molecular formula is C21H15N3O2. The van der Waals surface area contributed by atoms with Crippen LogP contribution in [0.2, 0.25) is 0 Å². The summed E-state index contributed by atoms with van der Waals surface area (Å²) < 4.78 is 6.05. The Morgan fingerprint density at radius 3 is 2.54 bits per heavy atom. The number of fused-ring (bicyclic) bond motifs is 2. The molecule has 0 saturated heterocycles. The van der Waals surface area contributed by atoms with E-state index in [1.807, 2.05) is 66.7 Å². The van der Waals surface area contributed by atoms with Crippen LogP contribution >= 0.6 is 0 Å². The fraction of sp³-hybridized carbons (Fsp3) is 0.0476. The van der Waals surface area contributed by atoms with Gasteiger partial charge < -0.3 is 10.6 Å². The first-order valence-electron chi connectivity index (χ1n) is 8.35. The van der Waals surface area contributed by atoms with Gasteiger partial charge in [-0.1, -0.05) is 54.6 Å². The lowest BCUT2D eigenvalue weighted by Gasteiger charge is -2.18. The minimum Gasteiger partial charge on any atom is -0.488 e. The third-order valence-corrected chi connectivity index (χ3v) is 4.72. The van der Waals surface area contributed by atoms with Gasteiger partial charge in [-0.15, -0.1) is 0 Å². The highest BCUT2D eigenvalue weighted by Crippen LogP contribution is 2.43. The zero-order valence-electron chi connectivity index (χ0n) is 13.8. The summed E-state index contributed by atoms with van der Waals surface area (Å²) in [6.07, 6.45) is 0. The number of hydrogen-bond acceptors (Lipinski definition) is 4. The maximum Gasteiger partial charge on any atom is 0.194 e. The maximum atomic E-state index is 13.0. The number of carbonyl (C=O) groups is 1. The van der Waals surface area contributed by atoms with Crippen LogP contribution in [-0.4, -0.2) is 15.7 Å². The molecule has 0 unspecified atom stereocenters. The van der Waals surface area contributed by atoms with Crippen molar-refractivity contribution in [3.05, 3.63) is 83.4 Å². The number of hydrogen-bond donors (Lipinski definition) is 1. The molecule has 1 aromatic heterocycles. The fourth-order valence-electron chi connectivity index (χ4n) is 3.52. The second kappa shape index (κ2) is 5.46. The number of ether oxygens (including phenoxy) is 1. The number of rotatable bonds is 3. The standard InChI is InChI=1S/C21H15N3O2/c22-24-16-10-4-8-14-18(16)20(23-24)19-15(21(14)25)9-5-11-17(19)26-12-13-6-2-1-3-7-13/h1-11H,12,22H2. The van der Waals surface area contributed by atoms with E-state index in [9.17, 15) is 4.79 Å². The summed E-state index contributed by atoms with van der Waals surface area (Å²) >= 11 is 0. The molecule has 1 aliphatic rings. The van der Waals surface area contributed by atoms with Gasteiger partial charge in [0.15, 0.2) is 5.78 Å². The summed E-state index contributed by atoms with van der Waals surface area (Å²) in [6.45, 7) is 0.416. The van der Waals surface area contributed by atoms with Crippen LogP contribution in [0.3, 0.4) is 0 Å². The van der Waals surface area contributed by atoms with Gasteiger partial charge >= 0.3 is 0 Å². The summed E-state index contributed by atoms with van der Waals surface area (Å²) in [5.41, 5.74) is 4.41. The lowest BCUT2D eigenvalue weighted by Crippen LogP contribution is -2.10. The van der Waals surface area contributed by atoms with Crippen molar-refractivity contribution >= 4 is 16.7 Å². The van der Waals surface area contributed by atoms with Crippen molar-refractivity contribution in [2.75, 3.05) is 5.84 Å². The van der Waals surface area contributed by atoms with E-state index in [0.717, 1.165) is 16.5 Å². The first-order chi connectivity index (χ1) is 12.7. The first kappa shape index (κ1) is 14.7. The van der Waals surface area contributed by atoms with Crippen molar-refractivity contribution in [1.29, 1.82) is 0 Å². The number of nitrogens with two attached hydrogens (primary N) is 1.